The van der Waals surface area contributed by atoms with E-state index in [1.807, 2.05) is 54.7 Å². The average molecular weight is 248 g/mol. The van der Waals surface area contributed by atoms with Gasteiger partial charge in [0.15, 0.2) is 0 Å². The largest absolute Gasteiger partial charge is 0.329 e. The minimum absolute atomic E-state index is 0.673. The zero-order valence-corrected chi connectivity index (χ0v) is 10.2. The van der Waals surface area contributed by atoms with E-state index < -0.39 is 0 Å². The molecular weight excluding hydrogens is 236 g/mol. The first kappa shape index (κ1) is 11.4. The Labute approximate surface area is 110 Å². The van der Waals surface area contributed by atoms with Crippen molar-refractivity contribution < 1.29 is 4.79 Å². The van der Waals surface area contributed by atoms with Crippen molar-refractivity contribution in [2.24, 2.45) is 0 Å². The first-order chi connectivity index (χ1) is 9.36. The maximum absolute atomic E-state index is 10.4. The van der Waals surface area contributed by atoms with Crippen LogP contribution in [0, 0.1) is 0 Å². The number of hydrogen-bond donors (Lipinski definition) is 1. The van der Waals surface area contributed by atoms with E-state index in [2.05, 4.69) is 16.4 Å². The number of fused-ring (bicyclic) bond motifs is 1. The fourth-order valence-corrected chi connectivity index (χ4v) is 2.06. The summed E-state index contributed by atoms with van der Waals surface area (Å²) in [7, 11) is 0. The molecule has 2 aromatic carbocycles. The van der Waals surface area contributed by atoms with Gasteiger partial charge in [-0.1, -0.05) is 30.3 Å². The van der Waals surface area contributed by atoms with Gasteiger partial charge < -0.3 is 5.32 Å². The Morgan fingerprint density at radius 1 is 0.947 bits per heavy atom. The van der Waals surface area contributed by atoms with Gasteiger partial charge in [0, 0.05) is 22.8 Å². The molecule has 1 aromatic heterocycles. The van der Waals surface area contributed by atoms with Gasteiger partial charge in [0.2, 0.25) is 6.41 Å². The third-order valence-corrected chi connectivity index (χ3v) is 3.03. The Hall–Kier alpha value is -2.68. The molecule has 3 aromatic rings. The van der Waals surface area contributed by atoms with E-state index in [0.717, 1.165) is 27.7 Å². The molecule has 0 aliphatic heterocycles. The van der Waals surface area contributed by atoms with Crippen molar-refractivity contribution in [3.05, 3.63) is 60.8 Å². The lowest BCUT2D eigenvalue weighted by Crippen LogP contribution is -1.92. The van der Waals surface area contributed by atoms with E-state index in [1.54, 1.807) is 0 Å². The summed E-state index contributed by atoms with van der Waals surface area (Å²) >= 11 is 0. The van der Waals surface area contributed by atoms with Crippen LogP contribution in [0.3, 0.4) is 0 Å². The van der Waals surface area contributed by atoms with Gasteiger partial charge in [0.1, 0.15) is 0 Å². The molecule has 0 radical (unpaired) electrons. The van der Waals surface area contributed by atoms with Gasteiger partial charge in [0.25, 0.3) is 0 Å². The second-order valence-corrected chi connectivity index (χ2v) is 4.26. The first-order valence-electron chi connectivity index (χ1n) is 6.02. The van der Waals surface area contributed by atoms with Crippen LogP contribution in [0.4, 0.5) is 5.69 Å². The summed E-state index contributed by atoms with van der Waals surface area (Å²) in [4.78, 5) is 14.8. The van der Waals surface area contributed by atoms with Gasteiger partial charge in [-0.3, -0.25) is 9.78 Å². The number of anilines is 1. The standard InChI is InChI=1S/C16H12N2O/c19-11-18-15-7-5-12(6-8-15)14-9-13-3-1-2-4-16(13)17-10-14/h1-11H,(H,18,19). The lowest BCUT2D eigenvalue weighted by atomic mass is 10.1. The molecule has 0 fully saturated rings. The highest BCUT2D eigenvalue weighted by Crippen LogP contribution is 2.23. The molecule has 3 heteroatoms. The number of carbonyl (C=O) groups is 1. The van der Waals surface area contributed by atoms with Gasteiger partial charge in [-0.25, -0.2) is 0 Å². The molecule has 0 atom stereocenters. The summed E-state index contributed by atoms with van der Waals surface area (Å²) < 4.78 is 0. The molecule has 0 bridgehead atoms. The fourth-order valence-electron chi connectivity index (χ4n) is 2.06. The van der Waals surface area contributed by atoms with Crippen LogP contribution in [0.1, 0.15) is 0 Å². The monoisotopic (exact) mass is 248 g/mol. The summed E-state index contributed by atoms with van der Waals surface area (Å²) in [5.41, 5.74) is 3.92. The topological polar surface area (TPSA) is 42.0 Å². The van der Waals surface area contributed by atoms with Crippen molar-refractivity contribution in [2.75, 3.05) is 5.32 Å². The van der Waals surface area contributed by atoms with Crippen LogP contribution in [0.15, 0.2) is 60.8 Å². The third kappa shape index (κ3) is 2.31. The molecule has 3 nitrogen and oxygen atoms in total. The number of amides is 1. The SMILES string of the molecule is O=CNc1ccc(-c2cnc3ccccc3c2)cc1. The molecule has 0 saturated heterocycles. The van der Waals surface area contributed by atoms with E-state index >= 15 is 0 Å². The summed E-state index contributed by atoms with van der Waals surface area (Å²) in [6.07, 6.45) is 2.54. The summed E-state index contributed by atoms with van der Waals surface area (Å²) in [6, 6.07) is 17.8. The third-order valence-electron chi connectivity index (χ3n) is 3.03. The molecule has 19 heavy (non-hydrogen) atoms. The number of nitrogens with one attached hydrogen (secondary N) is 1. The normalized spacial score (nSPS) is 10.3. The van der Waals surface area contributed by atoms with Gasteiger partial charge in [-0.2, -0.15) is 0 Å². The van der Waals surface area contributed by atoms with Gasteiger partial charge in [0.05, 0.1) is 5.52 Å². The molecule has 0 unspecified atom stereocenters. The molecule has 3 rings (SSSR count). The predicted octanol–water partition coefficient (Wildman–Crippen LogP) is 3.47. The van der Waals surface area contributed by atoms with Crippen molar-refractivity contribution in [1.29, 1.82) is 0 Å². The van der Waals surface area contributed by atoms with Crippen molar-refractivity contribution in [3.63, 3.8) is 0 Å². The molecule has 1 amide bonds. The molecular formula is C16H12N2O. The van der Waals surface area contributed by atoms with Crippen LogP contribution in [0.2, 0.25) is 0 Å². The highest BCUT2D eigenvalue weighted by atomic mass is 16.1. The van der Waals surface area contributed by atoms with E-state index in [4.69, 9.17) is 0 Å². The molecule has 92 valence electrons. The van der Waals surface area contributed by atoms with Gasteiger partial charge in [-0.05, 0) is 29.8 Å². The number of para-hydroxylation sites is 1. The number of aromatic nitrogens is 1. The molecule has 1 heterocycles. The van der Waals surface area contributed by atoms with Crippen LogP contribution in [-0.2, 0) is 4.79 Å². The molecule has 0 aliphatic rings. The highest BCUT2D eigenvalue weighted by molar-refractivity contribution is 5.83. The zero-order valence-electron chi connectivity index (χ0n) is 10.2. The predicted molar refractivity (Wildman–Crippen MR) is 76.9 cm³/mol. The summed E-state index contributed by atoms with van der Waals surface area (Å²) in [5.74, 6) is 0. The number of hydrogen-bond acceptors (Lipinski definition) is 2. The summed E-state index contributed by atoms with van der Waals surface area (Å²) in [6.45, 7) is 0. The number of pyridine rings is 1. The van der Waals surface area contributed by atoms with Crippen LogP contribution in [0.25, 0.3) is 22.0 Å². The van der Waals surface area contributed by atoms with E-state index in [-0.39, 0.29) is 0 Å². The number of benzene rings is 2. The lowest BCUT2D eigenvalue weighted by Gasteiger charge is -2.05. The maximum Gasteiger partial charge on any atom is 0.211 e. The summed E-state index contributed by atoms with van der Waals surface area (Å²) in [5, 5.41) is 3.74. The number of carbonyl (C=O) groups excluding carboxylic acids is 1. The van der Waals surface area contributed by atoms with E-state index in [9.17, 15) is 4.79 Å². The Morgan fingerprint density at radius 2 is 1.74 bits per heavy atom. The molecule has 0 saturated carbocycles. The number of nitrogens with zero attached hydrogens (tertiary/aromatic N) is 1. The maximum atomic E-state index is 10.4. The minimum atomic E-state index is 0.673. The van der Waals surface area contributed by atoms with Crippen LogP contribution < -0.4 is 5.32 Å². The minimum Gasteiger partial charge on any atom is -0.329 e. The van der Waals surface area contributed by atoms with Crippen LogP contribution >= 0.6 is 0 Å². The van der Waals surface area contributed by atoms with Gasteiger partial charge in [-0.15, -0.1) is 0 Å². The lowest BCUT2D eigenvalue weighted by molar-refractivity contribution is -0.105. The Bertz CT molecular complexity index is 720. The molecule has 0 spiro atoms. The van der Waals surface area contributed by atoms with Crippen molar-refractivity contribution in [2.45, 2.75) is 0 Å². The Balaban J connectivity index is 2.01. The van der Waals surface area contributed by atoms with E-state index in [1.165, 1.54) is 0 Å². The highest BCUT2D eigenvalue weighted by Gasteiger charge is 2.00. The van der Waals surface area contributed by atoms with Crippen molar-refractivity contribution in [1.82, 2.24) is 4.98 Å². The van der Waals surface area contributed by atoms with Crippen molar-refractivity contribution >= 4 is 23.0 Å². The van der Waals surface area contributed by atoms with Gasteiger partial charge >= 0.3 is 0 Å². The van der Waals surface area contributed by atoms with Crippen molar-refractivity contribution in [3.8, 4) is 11.1 Å². The second-order valence-electron chi connectivity index (χ2n) is 4.26. The number of rotatable bonds is 3. The Kier molecular flexibility index (Phi) is 2.94. The van der Waals surface area contributed by atoms with Crippen LogP contribution in [-0.4, -0.2) is 11.4 Å². The Morgan fingerprint density at radius 3 is 2.53 bits per heavy atom. The average Bonchev–Trinajstić information content (AvgIpc) is 2.48. The van der Waals surface area contributed by atoms with Crippen LogP contribution in [0.5, 0.6) is 0 Å². The second kappa shape index (κ2) is 4.90. The molecule has 1 N–H and O–H groups in total. The van der Waals surface area contributed by atoms with E-state index in [0.29, 0.717) is 6.41 Å². The quantitative estimate of drug-likeness (QED) is 0.721. The zero-order chi connectivity index (χ0) is 13.1. The smallest absolute Gasteiger partial charge is 0.211 e. The first-order valence-corrected chi connectivity index (χ1v) is 6.02. The molecule has 0 aliphatic carbocycles. The fraction of sp³-hybridized carbons (Fsp3) is 0.